The Balaban J connectivity index is 1.63. The molecule has 13 N–H and O–H groups in total. The van der Waals surface area contributed by atoms with Gasteiger partial charge in [-0.1, -0.05) is 0 Å². The lowest BCUT2D eigenvalue weighted by Crippen LogP contribution is -2.68. The second-order valence-corrected chi connectivity index (χ2v) is 8.92. The molecule has 3 aliphatic heterocycles. The second-order valence-electron chi connectivity index (χ2n) is 8.92. The maximum absolute atomic E-state index is 12.4. The van der Waals surface area contributed by atoms with E-state index in [1.54, 1.807) is 0 Å². The number of carbonyl (C=O) groups is 1. The van der Waals surface area contributed by atoms with Gasteiger partial charge in [0.25, 0.3) is 0 Å². The highest BCUT2D eigenvalue weighted by atomic mass is 16.7. The van der Waals surface area contributed by atoms with E-state index in [-0.39, 0.29) is 0 Å². The van der Waals surface area contributed by atoms with E-state index in [0.29, 0.717) is 0 Å². The highest BCUT2D eigenvalue weighted by Gasteiger charge is 2.51. The summed E-state index contributed by atoms with van der Waals surface area (Å²) in [6, 6.07) is -1.15. The molecule has 0 radical (unpaired) electrons. The van der Waals surface area contributed by atoms with Crippen molar-refractivity contribution in [3.63, 3.8) is 0 Å². The highest BCUT2D eigenvalue weighted by molar-refractivity contribution is 5.74. The first-order valence-corrected chi connectivity index (χ1v) is 11.4. The lowest BCUT2D eigenvalue weighted by molar-refractivity contribution is -0.342. The summed E-state index contributed by atoms with van der Waals surface area (Å²) >= 11 is 0. The van der Waals surface area contributed by atoms with Gasteiger partial charge in [-0.2, -0.15) is 0 Å². The van der Waals surface area contributed by atoms with Crippen molar-refractivity contribution in [2.75, 3.05) is 19.8 Å². The zero-order valence-corrected chi connectivity index (χ0v) is 19.2. The molecule has 3 rings (SSSR count). The Labute approximate surface area is 209 Å². The van der Waals surface area contributed by atoms with Crippen molar-refractivity contribution in [2.45, 2.75) is 92.0 Å². The SMILES string of the molecule is O=C(NC1O[C@H](CO)[C@@H](O)[C@H](O)[C@H]1O)NC1O[C@H](CO)[C@@H](O[C@@H]2O[C@H](CO)[C@H](O)[C@H](O)[C@H]2O)[C@H](O)[C@H]1O. The van der Waals surface area contributed by atoms with Crippen LogP contribution in [0.5, 0.6) is 0 Å². The Bertz CT molecular complexity index is 745. The predicted molar refractivity (Wildman–Crippen MR) is 112 cm³/mol. The van der Waals surface area contributed by atoms with E-state index < -0.39 is 118 Å². The zero-order valence-electron chi connectivity index (χ0n) is 19.2. The first kappa shape index (κ1) is 30.2. The molecule has 2 amide bonds. The van der Waals surface area contributed by atoms with Gasteiger partial charge < -0.3 is 85.8 Å². The van der Waals surface area contributed by atoms with Gasteiger partial charge in [0, 0.05) is 0 Å². The summed E-state index contributed by atoms with van der Waals surface area (Å²) in [5.74, 6) is 0. The fourth-order valence-corrected chi connectivity index (χ4v) is 4.23. The number of carbonyl (C=O) groups excluding carboxylic acids is 1. The highest BCUT2D eigenvalue weighted by Crippen LogP contribution is 2.28. The monoisotopic (exact) mass is 546 g/mol. The molecule has 0 saturated carbocycles. The van der Waals surface area contributed by atoms with Crippen LogP contribution >= 0.6 is 0 Å². The largest absolute Gasteiger partial charge is 0.394 e. The van der Waals surface area contributed by atoms with Crippen molar-refractivity contribution in [1.29, 1.82) is 0 Å². The molecule has 0 bridgehead atoms. The lowest BCUT2D eigenvalue weighted by atomic mass is 9.96. The summed E-state index contributed by atoms with van der Waals surface area (Å²) < 4.78 is 21.1. The minimum absolute atomic E-state index is 0.741. The molecule has 3 fully saturated rings. The fraction of sp³-hybridized carbons (Fsp3) is 0.947. The third-order valence-electron chi connectivity index (χ3n) is 6.44. The molecule has 216 valence electrons. The maximum Gasteiger partial charge on any atom is 0.318 e. The average molecular weight is 546 g/mol. The van der Waals surface area contributed by atoms with Crippen molar-refractivity contribution in [2.24, 2.45) is 0 Å². The van der Waals surface area contributed by atoms with Gasteiger partial charge in [0.05, 0.1) is 19.8 Å². The van der Waals surface area contributed by atoms with Gasteiger partial charge in [-0.3, -0.25) is 0 Å². The summed E-state index contributed by atoms with van der Waals surface area (Å²) in [5, 5.41) is 113. The van der Waals surface area contributed by atoms with Crippen LogP contribution in [0.25, 0.3) is 0 Å². The lowest BCUT2D eigenvalue weighted by Gasteiger charge is -2.46. The van der Waals surface area contributed by atoms with Crippen LogP contribution in [0.3, 0.4) is 0 Å². The third-order valence-corrected chi connectivity index (χ3v) is 6.44. The Morgan fingerprint density at radius 3 is 1.51 bits per heavy atom. The molecule has 3 saturated heterocycles. The predicted octanol–water partition coefficient (Wildman–Crippen LogP) is -8.29. The quantitative estimate of drug-likeness (QED) is 0.141. The molecule has 3 heterocycles. The van der Waals surface area contributed by atoms with Crippen molar-refractivity contribution in [1.82, 2.24) is 10.6 Å². The van der Waals surface area contributed by atoms with Gasteiger partial charge in [0.2, 0.25) is 0 Å². The summed E-state index contributed by atoms with van der Waals surface area (Å²) in [6.45, 7) is -2.33. The first-order chi connectivity index (χ1) is 17.4. The fourth-order valence-electron chi connectivity index (χ4n) is 4.23. The molecule has 15 atom stereocenters. The van der Waals surface area contributed by atoms with Crippen molar-refractivity contribution >= 4 is 6.03 Å². The third kappa shape index (κ3) is 6.30. The number of ether oxygens (including phenoxy) is 4. The molecule has 0 aromatic heterocycles. The topological polar surface area (TPSA) is 301 Å². The van der Waals surface area contributed by atoms with Crippen LogP contribution in [0.15, 0.2) is 0 Å². The van der Waals surface area contributed by atoms with E-state index in [1.165, 1.54) is 0 Å². The Morgan fingerprint density at radius 1 is 0.568 bits per heavy atom. The minimum atomic E-state index is -1.90. The molecular weight excluding hydrogens is 512 g/mol. The molecule has 0 spiro atoms. The van der Waals surface area contributed by atoms with Crippen LogP contribution in [-0.4, -0.2) is 174 Å². The van der Waals surface area contributed by atoms with Gasteiger partial charge in [0.1, 0.15) is 73.2 Å². The summed E-state index contributed by atoms with van der Waals surface area (Å²) in [6.07, 6.45) is -25.0. The maximum atomic E-state index is 12.4. The number of hydrogen-bond donors (Lipinski definition) is 13. The van der Waals surface area contributed by atoms with Gasteiger partial charge in [0.15, 0.2) is 18.7 Å². The molecule has 0 aliphatic carbocycles. The molecule has 18 heteroatoms. The van der Waals surface area contributed by atoms with Crippen LogP contribution < -0.4 is 10.6 Å². The first-order valence-electron chi connectivity index (χ1n) is 11.4. The second kappa shape index (κ2) is 12.7. The molecule has 18 nitrogen and oxygen atoms in total. The molecule has 0 aromatic carbocycles. The van der Waals surface area contributed by atoms with Crippen molar-refractivity contribution in [3.8, 4) is 0 Å². The number of hydrogen-bond acceptors (Lipinski definition) is 16. The van der Waals surface area contributed by atoms with Crippen molar-refractivity contribution < 1.29 is 79.9 Å². The van der Waals surface area contributed by atoms with Crippen LogP contribution in [0.2, 0.25) is 0 Å². The van der Waals surface area contributed by atoms with E-state index in [0.717, 1.165) is 0 Å². The zero-order chi connectivity index (χ0) is 27.6. The molecule has 0 aromatic rings. The van der Waals surface area contributed by atoms with Crippen LogP contribution in [-0.2, 0) is 18.9 Å². The van der Waals surface area contributed by atoms with Gasteiger partial charge >= 0.3 is 6.03 Å². The van der Waals surface area contributed by atoms with E-state index in [9.17, 15) is 61.0 Å². The molecule has 3 aliphatic rings. The van der Waals surface area contributed by atoms with Crippen LogP contribution in [0, 0.1) is 0 Å². The standard InChI is InChI=1S/C19H34N2O16/c22-1-4-7(25)9(27)12(30)16(34-4)20-19(33)21-17-13(31)11(29)15(6(3-24)35-17)37-18-14(32)10(28)8(26)5(2-23)36-18/h4-18,22-32H,1-3H2,(H2,20,21,33)/t4-,5-,6-,7-,8+,9+,10+,11-,12-,13-,14-,15-,16?,17?,18+/m1/s1. The molecular formula is C19H34N2O16. The number of urea groups is 1. The number of amides is 2. The smallest absolute Gasteiger partial charge is 0.318 e. The Kier molecular flexibility index (Phi) is 10.4. The number of nitrogens with one attached hydrogen (secondary N) is 2. The van der Waals surface area contributed by atoms with Gasteiger partial charge in [-0.25, -0.2) is 4.79 Å². The molecule has 37 heavy (non-hydrogen) atoms. The number of aliphatic hydroxyl groups is 11. The van der Waals surface area contributed by atoms with E-state index in [1.807, 2.05) is 0 Å². The van der Waals surface area contributed by atoms with E-state index in [4.69, 9.17) is 18.9 Å². The molecule has 2 unspecified atom stereocenters. The van der Waals surface area contributed by atoms with Gasteiger partial charge in [-0.15, -0.1) is 0 Å². The minimum Gasteiger partial charge on any atom is -0.394 e. The van der Waals surface area contributed by atoms with E-state index >= 15 is 0 Å². The normalized spacial score (nSPS) is 48.9. The van der Waals surface area contributed by atoms with Crippen LogP contribution in [0.4, 0.5) is 4.79 Å². The summed E-state index contributed by atoms with van der Waals surface area (Å²) in [4.78, 5) is 12.4. The summed E-state index contributed by atoms with van der Waals surface area (Å²) in [5.41, 5.74) is 0. The Morgan fingerprint density at radius 2 is 1.00 bits per heavy atom. The van der Waals surface area contributed by atoms with E-state index in [2.05, 4.69) is 10.6 Å². The van der Waals surface area contributed by atoms with Crippen molar-refractivity contribution in [3.05, 3.63) is 0 Å². The van der Waals surface area contributed by atoms with Gasteiger partial charge in [-0.05, 0) is 0 Å². The number of aliphatic hydroxyl groups excluding tert-OH is 11. The Hall–Kier alpha value is -1.33. The van der Waals surface area contributed by atoms with Crippen LogP contribution in [0.1, 0.15) is 0 Å². The average Bonchev–Trinajstić information content (AvgIpc) is 2.88. The summed E-state index contributed by atoms with van der Waals surface area (Å²) in [7, 11) is 0. The number of rotatable bonds is 7.